The van der Waals surface area contributed by atoms with Crippen LogP contribution in [-0.2, 0) is 17.9 Å². The lowest BCUT2D eigenvalue weighted by molar-refractivity contribution is -0.118. The zero-order valence-corrected chi connectivity index (χ0v) is 16.4. The van der Waals surface area contributed by atoms with E-state index >= 15 is 0 Å². The summed E-state index contributed by atoms with van der Waals surface area (Å²) in [5.74, 6) is 2.26. The van der Waals surface area contributed by atoms with Crippen molar-refractivity contribution in [3.05, 3.63) is 61.1 Å². The molecule has 2 heterocycles. The Morgan fingerprint density at radius 3 is 2.93 bits per heavy atom. The van der Waals surface area contributed by atoms with Gasteiger partial charge < -0.3 is 14.5 Å². The van der Waals surface area contributed by atoms with Crippen LogP contribution in [0.5, 0.6) is 5.75 Å². The van der Waals surface area contributed by atoms with Crippen LogP contribution >= 0.6 is 11.8 Å². The molecule has 1 N–H and O–H groups in total. The number of carbonyl (C=O) groups is 1. The van der Waals surface area contributed by atoms with Gasteiger partial charge in [-0.2, -0.15) is 0 Å². The first-order chi connectivity index (χ1) is 13.7. The van der Waals surface area contributed by atoms with Gasteiger partial charge in [-0.3, -0.25) is 9.36 Å². The van der Waals surface area contributed by atoms with Crippen LogP contribution in [0.4, 0.5) is 0 Å². The Morgan fingerprint density at radius 1 is 1.32 bits per heavy atom. The third-order valence-corrected chi connectivity index (χ3v) is 4.80. The van der Waals surface area contributed by atoms with Crippen molar-refractivity contribution in [2.75, 3.05) is 12.4 Å². The molecule has 8 heteroatoms. The van der Waals surface area contributed by atoms with Gasteiger partial charge in [-0.25, -0.2) is 0 Å². The number of aromatic nitrogens is 3. The molecule has 0 spiro atoms. The van der Waals surface area contributed by atoms with Crippen LogP contribution in [0.2, 0.25) is 0 Å². The van der Waals surface area contributed by atoms with Crippen molar-refractivity contribution in [3.63, 3.8) is 0 Å². The number of benzene rings is 1. The highest BCUT2D eigenvalue weighted by molar-refractivity contribution is 7.99. The van der Waals surface area contributed by atoms with Crippen molar-refractivity contribution in [2.24, 2.45) is 0 Å². The Morgan fingerprint density at radius 2 is 2.18 bits per heavy atom. The Bertz CT molecular complexity index is 921. The van der Waals surface area contributed by atoms with Crippen LogP contribution in [0.1, 0.15) is 12.7 Å². The Balaban J connectivity index is 1.72. The highest BCUT2D eigenvalue weighted by Crippen LogP contribution is 2.31. The maximum atomic E-state index is 12.1. The lowest BCUT2D eigenvalue weighted by atomic mass is 10.2. The first-order valence-corrected chi connectivity index (χ1v) is 9.89. The molecule has 0 aliphatic carbocycles. The van der Waals surface area contributed by atoms with Gasteiger partial charge in [0.25, 0.3) is 0 Å². The third-order valence-electron chi connectivity index (χ3n) is 3.83. The predicted octanol–water partition coefficient (Wildman–Crippen LogP) is 3.53. The summed E-state index contributed by atoms with van der Waals surface area (Å²) in [5.41, 5.74) is 0.854. The monoisotopic (exact) mass is 398 g/mol. The average Bonchev–Trinajstić information content (AvgIpc) is 3.36. The first kappa shape index (κ1) is 19.8. The van der Waals surface area contributed by atoms with Crippen molar-refractivity contribution in [1.29, 1.82) is 0 Å². The van der Waals surface area contributed by atoms with E-state index in [-0.39, 0.29) is 11.7 Å². The number of furan rings is 1. The molecule has 2 aromatic heterocycles. The molecule has 0 bridgehead atoms. The fourth-order valence-electron chi connectivity index (χ4n) is 2.60. The van der Waals surface area contributed by atoms with Gasteiger partial charge in [0.05, 0.1) is 30.7 Å². The summed E-state index contributed by atoms with van der Waals surface area (Å²) in [6.45, 7) is 7.20. The van der Waals surface area contributed by atoms with E-state index in [1.54, 1.807) is 18.4 Å². The zero-order valence-electron chi connectivity index (χ0n) is 15.6. The first-order valence-electron chi connectivity index (χ1n) is 8.91. The minimum atomic E-state index is -0.106. The smallest absolute Gasteiger partial charge is 0.230 e. The second kappa shape index (κ2) is 9.80. The van der Waals surface area contributed by atoms with Crippen molar-refractivity contribution in [1.82, 2.24) is 20.1 Å². The molecule has 3 aromatic rings. The van der Waals surface area contributed by atoms with Crippen molar-refractivity contribution in [3.8, 4) is 17.1 Å². The van der Waals surface area contributed by atoms with E-state index in [4.69, 9.17) is 9.15 Å². The maximum absolute atomic E-state index is 12.1. The minimum Gasteiger partial charge on any atom is -0.493 e. The normalized spacial score (nSPS) is 10.6. The summed E-state index contributed by atoms with van der Waals surface area (Å²) < 4.78 is 12.8. The molecule has 0 unspecified atom stereocenters. The number of amides is 1. The number of para-hydroxylation sites is 1. The summed E-state index contributed by atoms with van der Waals surface area (Å²) in [4.78, 5) is 12.1. The molecule has 1 amide bonds. The number of rotatable bonds is 10. The lowest BCUT2D eigenvalue weighted by Crippen LogP contribution is -2.24. The molecule has 0 saturated heterocycles. The van der Waals surface area contributed by atoms with E-state index in [0.29, 0.717) is 36.4 Å². The van der Waals surface area contributed by atoms with Crippen LogP contribution in [0, 0.1) is 0 Å². The number of hydrogen-bond donors (Lipinski definition) is 1. The number of thioether (sulfide) groups is 1. The van der Waals surface area contributed by atoms with Crippen LogP contribution in [0.3, 0.4) is 0 Å². The molecule has 0 aliphatic heterocycles. The number of carbonyl (C=O) groups excluding carboxylic acids is 1. The zero-order chi connectivity index (χ0) is 19.8. The minimum absolute atomic E-state index is 0.106. The largest absolute Gasteiger partial charge is 0.493 e. The molecule has 0 radical (unpaired) electrons. The third kappa shape index (κ3) is 4.83. The van der Waals surface area contributed by atoms with Crippen LogP contribution in [-0.4, -0.2) is 33.0 Å². The second-order valence-corrected chi connectivity index (χ2v) is 6.72. The van der Waals surface area contributed by atoms with Gasteiger partial charge in [-0.15, -0.1) is 16.8 Å². The number of nitrogens with zero attached hydrogens (tertiary/aromatic N) is 3. The Kier molecular flexibility index (Phi) is 6.91. The second-order valence-electron chi connectivity index (χ2n) is 5.78. The molecule has 0 fully saturated rings. The van der Waals surface area contributed by atoms with Crippen molar-refractivity contribution < 1.29 is 13.9 Å². The molecular formula is C20H22N4O3S. The molecule has 146 valence electrons. The van der Waals surface area contributed by atoms with E-state index < -0.39 is 0 Å². The Labute approximate surface area is 167 Å². The maximum Gasteiger partial charge on any atom is 0.230 e. The fraction of sp³-hybridized carbons (Fsp3) is 0.250. The van der Waals surface area contributed by atoms with Crippen LogP contribution < -0.4 is 10.1 Å². The molecule has 0 atom stereocenters. The van der Waals surface area contributed by atoms with Crippen LogP contribution in [0.25, 0.3) is 11.4 Å². The topological polar surface area (TPSA) is 82.2 Å². The molecule has 1 aromatic carbocycles. The van der Waals surface area contributed by atoms with Crippen molar-refractivity contribution >= 4 is 17.7 Å². The number of ether oxygens (including phenoxy) is 1. The fourth-order valence-corrected chi connectivity index (χ4v) is 3.38. The number of hydrogen-bond acceptors (Lipinski definition) is 6. The number of allylic oxidation sites excluding steroid dienone is 1. The van der Waals surface area contributed by atoms with Gasteiger partial charge in [0.2, 0.25) is 5.91 Å². The van der Waals surface area contributed by atoms with Gasteiger partial charge in [0.15, 0.2) is 11.0 Å². The van der Waals surface area contributed by atoms with Gasteiger partial charge in [-0.05, 0) is 31.2 Å². The van der Waals surface area contributed by atoms with Gasteiger partial charge in [-0.1, -0.05) is 30.0 Å². The molecule has 0 saturated carbocycles. The Hall–Kier alpha value is -3.00. The van der Waals surface area contributed by atoms with Crippen molar-refractivity contribution in [2.45, 2.75) is 25.2 Å². The SMILES string of the molecule is C=CCn1c(SCC(=O)NCc2ccco2)nnc1-c1ccccc1OCC. The van der Waals surface area contributed by atoms with E-state index in [1.165, 1.54) is 11.8 Å². The van der Waals surface area contributed by atoms with E-state index in [1.807, 2.05) is 41.8 Å². The van der Waals surface area contributed by atoms with Gasteiger partial charge in [0.1, 0.15) is 11.5 Å². The molecule has 3 rings (SSSR count). The summed E-state index contributed by atoms with van der Waals surface area (Å²) in [6, 6.07) is 11.3. The highest BCUT2D eigenvalue weighted by atomic mass is 32.2. The average molecular weight is 398 g/mol. The molecular weight excluding hydrogens is 376 g/mol. The summed E-state index contributed by atoms with van der Waals surface area (Å²) in [5, 5.41) is 12.1. The van der Waals surface area contributed by atoms with Crippen LogP contribution in [0.15, 0.2) is 64.9 Å². The van der Waals surface area contributed by atoms with Gasteiger partial charge >= 0.3 is 0 Å². The van der Waals surface area contributed by atoms with E-state index in [0.717, 1.165) is 11.3 Å². The van der Waals surface area contributed by atoms with Gasteiger partial charge in [0, 0.05) is 6.54 Å². The van der Waals surface area contributed by atoms with E-state index in [9.17, 15) is 4.79 Å². The quantitative estimate of drug-likeness (QED) is 0.416. The predicted molar refractivity (Wildman–Crippen MR) is 108 cm³/mol. The standard InChI is InChI=1S/C20H22N4O3S/c1-3-11-24-19(16-9-5-6-10-17(16)26-4-2)22-23-20(24)28-14-18(25)21-13-15-8-7-12-27-15/h3,5-10,12H,1,4,11,13-14H2,2H3,(H,21,25). The highest BCUT2D eigenvalue weighted by Gasteiger charge is 2.17. The number of nitrogens with one attached hydrogen (secondary N) is 1. The van der Waals surface area contributed by atoms with E-state index in [2.05, 4.69) is 22.1 Å². The summed E-state index contributed by atoms with van der Waals surface area (Å²) in [6.07, 6.45) is 3.35. The molecule has 7 nitrogen and oxygen atoms in total. The molecule has 28 heavy (non-hydrogen) atoms. The molecule has 0 aliphatic rings. The summed E-state index contributed by atoms with van der Waals surface area (Å²) in [7, 11) is 0. The lowest BCUT2D eigenvalue weighted by Gasteiger charge is -2.11. The summed E-state index contributed by atoms with van der Waals surface area (Å²) >= 11 is 1.33.